The van der Waals surface area contributed by atoms with Crippen LogP contribution in [0.3, 0.4) is 0 Å². The maximum Gasteiger partial charge on any atom is 0.159 e. The number of aromatic hydroxyl groups is 1. The Labute approximate surface area is 145 Å². The summed E-state index contributed by atoms with van der Waals surface area (Å²) in [6.45, 7) is 3.91. The molecule has 0 fully saturated rings. The lowest BCUT2D eigenvalue weighted by atomic mass is 9.98. The number of phenolic OH excluding ortho intramolecular Hbond substituents is 1. The van der Waals surface area contributed by atoms with Crippen LogP contribution in [0, 0.1) is 12.7 Å². The largest absolute Gasteiger partial charge is 0.508 e. The number of aromatic nitrogens is 2. The van der Waals surface area contributed by atoms with Crippen molar-refractivity contribution in [3.63, 3.8) is 0 Å². The minimum absolute atomic E-state index is 0.110. The number of aryl methyl sites for hydroxylation is 1. The first-order chi connectivity index (χ1) is 12.0. The van der Waals surface area contributed by atoms with Crippen LogP contribution in [0.5, 0.6) is 5.75 Å². The summed E-state index contributed by atoms with van der Waals surface area (Å²) in [5.41, 5.74) is 4.42. The van der Waals surface area contributed by atoms with Gasteiger partial charge in [0.15, 0.2) is 5.82 Å². The Morgan fingerprint density at radius 2 is 1.80 bits per heavy atom. The Kier molecular flexibility index (Phi) is 3.64. The molecule has 0 saturated carbocycles. The van der Waals surface area contributed by atoms with Gasteiger partial charge in [-0.3, -0.25) is 0 Å². The van der Waals surface area contributed by atoms with E-state index < -0.39 is 0 Å². The first-order valence-electron chi connectivity index (χ1n) is 8.21. The van der Waals surface area contributed by atoms with Crippen LogP contribution in [0.2, 0.25) is 0 Å². The summed E-state index contributed by atoms with van der Waals surface area (Å²) in [7, 11) is 0. The highest BCUT2D eigenvalue weighted by Crippen LogP contribution is 2.42. The van der Waals surface area contributed by atoms with E-state index in [0.717, 1.165) is 33.9 Å². The van der Waals surface area contributed by atoms with Crippen LogP contribution in [0.15, 0.2) is 53.5 Å². The van der Waals surface area contributed by atoms with E-state index in [1.807, 2.05) is 36.7 Å². The zero-order valence-corrected chi connectivity index (χ0v) is 14.1. The number of benzene rings is 2. The average molecular weight is 335 g/mol. The standard InChI is InChI=1S/C20H18FN3O/c1-12-11-17(16-5-3-4-6-18(16)25)24-20(22-12)19(13(2)23-24)14-7-9-15(21)10-8-14/h3-10,17,25H,11H2,1-2H3. The van der Waals surface area contributed by atoms with Crippen molar-refractivity contribution in [2.75, 3.05) is 0 Å². The molecule has 0 amide bonds. The molecule has 1 unspecified atom stereocenters. The molecule has 1 N–H and O–H groups in total. The lowest BCUT2D eigenvalue weighted by Crippen LogP contribution is -2.19. The number of aliphatic imine (C=N–C) groups is 1. The minimum Gasteiger partial charge on any atom is -0.508 e. The van der Waals surface area contributed by atoms with Crippen LogP contribution in [0.4, 0.5) is 10.2 Å². The maximum absolute atomic E-state index is 13.3. The molecule has 0 spiro atoms. The summed E-state index contributed by atoms with van der Waals surface area (Å²) in [4.78, 5) is 4.71. The molecule has 2 heterocycles. The van der Waals surface area contributed by atoms with E-state index in [1.165, 1.54) is 12.1 Å². The van der Waals surface area contributed by atoms with Gasteiger partial charge in [0.05, 0.1) is 11.7 Å². The predicted octanol–water partition coefficient (Wildman–Crippen LogP) is 4.79. The number of hydrogen-bond acceptors (Lipinski definition) is 3. The maximum atomic E-state index is 13.3. The molecule has 0 aliphatic carbocycles. The van der Waals surface area contributed by atoms with E-state index in [1.54, 1.807) is 18.2 Å². The van der Waals surface area contributed by atoms with Gasteiger partial charge < -0.3 is 5.11 Å². The quantitative estimate of drug-likeness (QED) is 0.732. The first-order valence-corrected chi connectivity index (χ1v) is 8.21. The van der Waals surface area contributed by atoms with Crippen molar-refractivity contribution in [2.24, 2.45) is 4.99 Å². The number of nitrogens with zero attached hydrogens (tertiary/aromatic N) is 3. The van der Waals surface area contributed by atoms with Gasteiger partial charge in [-0.2, -0.15) is 5.10 Å². The van der Waals surface area contributed by atoms with Crippen LogP contribution in [0.25, 0.3) is 11.1 Å². The normalized spacial score (nSPS) is 16.4. The second-order valence-electron chi connectivity index (χ2n) is 6.36. The van der Waals surface area contributed by atoms with Crippen LogP contribution in [0.1, 0.15) is 30.6 Å². The molecule has 1 atom stereocenters. The summed E-state index contributed by atoms with van der Waals surface area (Å²) in [6, 6.07) is 13.6. The Bertz CT molecular complexity index is 973. The van der Waals surface area contributed by atoms with Crippen molar-refractivity contribution < 1.29 is 9.50 Å². The molecule has 25 heavy (non-hydrogen) atoms. The second-order valence-corrected chi connectivity index (χ2v) is 6.36. The summed E-state index contributed by atoms with van der Waals surface area (Å²) in [6.07, 6.45) is 0.689. The molecule has 4 rings (SSSR count). The van der Waals surface area contributed by atoms with Crippen molar-refractivity contribution in [1.82, 2.24) is 9.78 Å². The molecule has 4 nitrogen and oxygen atoms in total. The van der Waals surface area contributed by atoms with Crippen LogP contribution >= 0.6 is 0 Å². The summed E-state index contributed by atoms with van der Waals surface area (Å²) in [5.74, 6) is 0.736. The number of fused-ring (bicyclic) bond motifs is 1. The van der Waals surface area contributed by atoms with Gasteiger partial charge in [-0.1, -0.05) is 30.3 Å². The van der Waals surface area contributed by atoms with Gasteiger partial charge in [0.2, 0.25) is 0 Å². The Morgan fingerprint density at radius 1 is 1.08 bits per heavy atom. The van der Waals surface area contributed by atoms with Crippen molar-refractivity contribution in [3.8, 4) is 16.9 Å². The number of rotatable bonds is 2. The van der Waals surface area contributed by atoms with E-state index in [0.29, 0.717) is 6.42 Å². The predicted molar refractivity (Wildman–Crippen MR) is 96.0 cm³/mol. The zero-order chi connectivity index (χ0) is 17.6. The molecule has 5 heteroatoms. The molecule has 0 radical (unpaired) electrons. The van der Waals surface area contributed by atoms with Gasteiger partial charge in [-0.25, -0.2) is 14.1 Å². The SMILES string of the molecule is CC1=Nc2c(-c3ccc(F)cc3)c(C)nn2C(c2ccccc2O)C1. The highest BCUT2D eigenvalue weighted by Gasteiger charge is 2.29. The number of hydrogen-bond donors (Lipinski definition) is 1. The fraction of sp³-hybridized carbons (Fsp3) is 0.200. The smallest absolute Gasteiger partial charge is 0.159 e. The monoisotopic (exact) mass is 335 g/mol. The Morgan fingerprint density at radius 3 is 2.52 bits per heavy atom. The van der Waals surface area contributed by atoms with Crippen LogP contribution in [-0.4, -0.2) is 20.6 Å². The lowest BCUT2D eigenvalue weighted by Gasteiger charge is -2.24. The summed E-state index contributed by atoms with van der Waals surface area (Å²) >= 11 is 0. The van der Waals surface area contributed by atoms with Crippen molar-refractivity contribution >= 4 is 11.5 Å². The van der Waals surface area contributed by atoms with Gasteiger partial charge in [-0.05, 0) is 37.6 Å². The van der Waals surface area contributed by atoms with Gasteiger partial charge in [0.1, 0.15) is 11.6 Å². The van der Waals surface area contributed by atoms with Gasteiger partial charge >= 0.3 is 0 Å². The molecule has 0 bridgehead atoms. The van der Waals surface area contributed by atoms with Gasteiger partial charge in [0.25, 0.3) is 0 Å². The molecule has 1 aliphatic rings. The van der Waals surface area contributed by atoms with Crippen LogP contribution < -0.4 is 0 Å². The van der Waals surface area contributed by atoms with Crippen molar-refractivity contribution in [2.45, 2.75) is 26.3 Å². The van der Waals surface area contributed by atoms with E-state index in [2.05, 4.69) is 5.10 Å². The van der Waals surface area contributed by atoms with Crippen LogP contribution in [-0.2, 0) is 0 Å². The molecule has 3 aromatic rings. The third-order valence-electron chi connectivity index (χ3n) is 4.57. The fourth-order valence-corrected chi connectivity index (χ4v) is 3.42. The van der Waals surface area contributed by atoms with E-state index in [4.69, 9.17) is 4.99 Å². The fourth-order valence-electron chi connectivity index (χ4n) is 3.42. The Hall–Kier alpha value is -2.95. The number of phenols is 1. The third-order valence-corrected chi connectivity index (χ3v) is 4.57. The molecular weight excluding hydrogens is 317 g/mol. The number of para-hydroxylation sites is 1. The molecule has 1 aliphatic heterocycles. The average Bonchev–Trinajstić information content (AvgIpc) is 2.91. The highest BCUT2D eigenvalue weighted by molar-refractivity contribution is 5.90. The topological polar surface area (TPSA) is 50.4 Å². The molecule has 126 valence electrons. The van der Waals surface area contributed by atoms with E-state index >= 15 is 0 Å². The lowest BCUT2D eigenvalue weighted by molar-refractivity contribution is 0.443. The number of halogens is 1. The zero-order valence-electron chi connectivity index (χ0n) is 14.1. The van der Waals surface area contributed by atoms with E-state index in [9.17, 15) is 9.50 Å². The molecule has 2 aromatic carbocycles. The molecular formula is C20H18FN3O. The van der Waals surface area contributed by atoms with Gasteiger partial charge in [-0.15, -0.1) is 0 Å². The van der Waals surface area contributed by atoms with Gasteiger partial charge in [0, 0.05) is 23.3 Å². The first kappa shape index (κ1) is 15.6. The Balaban J connectivity index is 1.90. The molecule has 1 aromatic heterocycles. The summed E-state index contributed by atoms with van der Waals surface area (Å²) < 4.78 is 15.2. The van der Waals surface area contributed by atoms with Crippen molar-refractivity contribution in [3.05, 3.63) is 65.6 Å². The third kappa shape index (κ3) is 2.61. The highest BCUT2D eigenvalue weighted by atomic mass is 19.1. The van der Waals surface area contributed by atoms with E-state index in [-0.39, 0.29) is 17.6 Å². The van der Waals surface area contributed by atoms with Crippen molar-refractivity contribution in [1.29, 1.82) is 0 Å². The molecule has 0 saturated heterocycles. The second kappa shape index (κ2) is 5.84. The minimum atomic E-state index is -0.269. The summed E-state index contributed by atoms with van der Waals surface area (Å²) in [5, 5.41) is 15.0.